The van der Waals surface area contributed by atoms with Crippen molar-refractivity contribution in [1.29, 1.82) is 0 Å². The molecule has 1 fully saturated rings. The first-order valence-electron chi connectivity index (χ1n) is 5.15. The van der Waals surface area contributed by atoms with Gasteiger partial charge in [-0.1, -0.05) is 19.8 Å². The van der Waals surface area contributed by atoms with Gasteiger partial charge in [-0.3, -0.25) is 0 Å². The molecule has 0 heterocycles. The largest absolute Gasteiger partial charge is 0.396 e. The van der Waals surface area contributed by atoms with Crippen LogP contribution in [-0.2, 0) is 0 Å². The summed E-state index contributed by atoms with van der Waals surface area (Å²) in [6.45, 7) is 6.01. The summed E-state index contributed by atoms with van der Waals surface area (Å²) in [7, 11) is 0. The van der Waals surface area contributed by atoms with Gasteiger partial charge in [-0.05, 0) is 25.2 Å². The SMILES string of the molecule is C#C[C@]1(C)CCC(O)C(C)(C)[C@H]1CO. The number of hydrogen-bond donors (Lipinski definition) is 2. The maximum absolute atomic E-state index is 9.89. The van der Waals surface area contributed by atoms with E-state index in [-0.39, 0.29) is 29.5 Å². The fraction of sp³-hybridized carbons (Fsp3) is 0.833. The monoisotopic (exact) mass is 196 g/mol. The van der Waals surface area contributed by atoms with Crippen LogP contribution < -0.4 is 0 Å². The average molecular weight is 196 g/mol. The van der Waals surface area contributed by atoms with E-state index < -0.39 is 0 Å². The molecule has 0 aromatic heterocycles. The second-order valence-electron chi connectivity index (χ2n) is 5.17. The van der Waals surface area contributed by atoms with Crippen molar-refractivity contribution >= 4 is 0 Å². The maximum atomic E-state index is 9.89. The quantitative estimate of drug-likeness (QED) is 0.623. The van der Waals surface area contributed by atoms with E-state index in [1.807, 2.05) is 20.8 Å². The van der Waals surface area contributed by atoms with Crippen LogP contribution in [0.2, 0.25) is 0 Å². The van der Waals surface area contributed by atoms with Gasteiger partial charge in [-0.2, -0.15) is 0 Å². The van der Waals surface area contributed by atoms with Gasteiger partial charge in [0.25, 0.3) is 0 Å². The predicted octanol–water partition coefficient (Wildman–Crippen LogP) is 1.42. The Kier molecular flexibility index (Phi) is 2.94. The molecule has 80 valence electrons. The highest BCUT2D eigenvalue weighted by molar-refractivity contribution is 5.13. The summed E-state index contributed by atoms with van der Waals surface area (Å²) in [6.07, 6.45) is 6.68. The molecule has 0 saturated heterocycles. The average Bonchev–Trinajstić information content (AvgIpc) is 2.13. The number of rotatable bonds is 1. The first-order valence-corrected chi connectivity index (χ1v) is 5.15. The Morgan fingerprint density at radius 2 is 2.00 bits per heavy atom. The van der Waals surface area contributed by atoms with Gasteiger partial charge in [0, 0.05) is 17.9 Å². The van der Waals surface area contributed by atoms with Crippen molar-refractivity contribution in [3.05, 3.63) is 0 Å². The minimum absolute atomic E-state index is 0.0243. The standard InChI is InChI=1S/C12H20O2/c1-5-12(4)7-6-10(14)11(2,3)9(12)8-13/h1,9-10,13-14H,6-8H2,2-4H3/t9-,10?,12-/m1/s1. The lowest BCUT2D eigenvalue weighted by molar-refractivity contribution is -0.0923. The van der Waals surface area contributed by atoms with E-state index in [9.17, 15) is 10.2 Å². The topological polar surface area (TPSA) is 40.5 Å². The zero-order chi connectivity index (χ0) is 11.0. The van der Waals surface area contributed by atoms with Crippen LogP contribution in [0, 0.1) is 29.1 Å². The molecule has 0 bridgehead atoms. The van der Waals surface area contributed by atoms with Crippen LogP contribution in [0.15, 0.2) is 0 Å². The van der Waals surface area contributed by atoms with Gasteiger partial charge in [-0.25, -0.2) is 0 Å². The fourth-order valence-electron chi connectivity index (χ4n) is 2.65. The number of terminal acetylenes is 1. The van der Waals surface area contributed by atoms with Crippen molar-refractivity contribution < 1.29 is 10.2 Å². The molecule has 14 heavy (non-hydrogen) atoms. The van der Waals surface area contributed by atoms with Crippen LogP contribution in [0.1, 0.15) is 33.6 Å². The van der Waals surface area contributed by atoms with Crippen LogP contribution in [0.25, 0.3) is 0 Å². The lowest BCUT2D eigenvalue weighted by atomic mass is 9.56. The molecule has 2 nitrogen and oxygen atoms in total. The number of aliphatic hydroxyl groups is 2. The molecule has 0 spiro atoms. The van der Waals surface area contributed by atoms with Gasteiger partial charge in [-0.15, -0.1) is 6.42 Å². The van der Waals surface area contributed by atoms with E-state index in [1.165, 1.54) is 0 Å². The van der Waals surface area contributed by atoms with Gasteiger partial charge in [0.1, 0.15) is 0 Å². The first kappa shape index (κ1) is 11.6. The van der Waals surface area contributed by atoms with Gasteiger partial charge in [0.05, 0.1) is 6.10 Å². The van der Waals surface area contributed by atoms with Crippen LogP contribution >= 0.6 is 0 Å². The zero-order valence-electron chi connectivity index (χ0n) is 9.25. The molecule has 0 radical (unpaired) electrons. The van der Waals surface area contributed by atoms with E-state index in [1.54, 1.807) is 0 Å². The molecule has 1 aliphatic carbocycles. The second-order valence-corrected chi connectivity index (χ2v) is 5.17. The highest BCUT2D eigenvalue weighted by Crippen LogP contribution is 2.50. The van der Waals surface area contributed by atoms with Crippen molar-refractivity contribution in [1.82, 2.24) is 0 Å². The minimum atomic E-state index is -0.360. The summed E-state index contributed by atoms with van der Waals surface area (Å²) < 4.78 is 0. The third kappa shape index (κ3) is 1.55. The van der Waals surface area contributed by atoms with E-state index in [2.05, 4.69) is 5.92 Å². The van der Waals surface area contributed by atoms with Crippen LogP contribution in [0.3, 0.4) is 0 Å². The summed E-state index contributed by atoms with van der Waals surface area (Å²) in [5, 5.41) is 19.3. The van der Waals surface area contributed by atoms with Crippen molar-refractivity contribution in [2.75, 3.05) is 6.61 Å². The summed E-state index contributed by atoms with van der Waals surface area (Å²) in [6, 6.07) is 0. The maximum Gasteiger partial charge on any atom is 0.0595 e. The lowest BCUT2D eigenvalue weighted by Gasteiger charge is -2.50. The Hall–Kier alpha value is -0.520. The van der Waals surface area contributed by atoms with Gasteiger partial charge >= 0.3 is 0 Å². The molecule has 0 aromatic rings. The van der Waals surface area contributed by atoms with Crippen LogP contribution in [0.4, 0.5) is 0 Å². The van der Waals surface area contributed by atoms with E-state index >= 15 is 0 Å². The van der Waals surface area contributed by atoms with Gasteiger partial charge in [0.15, 0.2) is 0 Å². The molecule has 2 N–H and O–H groups in total. The summed E-state index contributed by atoms with van der Waals surface area (Å²) in [4.78, 5) is 0. The first-order chi connectivity index (χ1) is 6.38. The van der Waals surface area contributed by atoms with Crippen molar-refractivity contribution in [3.63, 3.8) is 0 Å². The van der Waals surface area contributed by atoms with E-state index in [0.29, 0.717) is 0 Å². The Balaban J connectivity index is 3.03. The highest BCUT2D eigenvalue weighted by Gasteiger charge is 2.49. The Morgan fingerprint density at radius 1 is 1.43 bits per heavy atom. The normalized spacial score (nSPS) is 41.7. The molecule has 1 unspecified atom stereocenters. The van der Waals surface area contributed by atoms with Crippen LogP contribution in [0.5, 0.6) is 0 Å². The molecule has 1 saturated carbocycles. The van der Waals surface area contributed by atoms with Gasteiger partial charge in [0.2, 0.25) is 0 Å². The fourth-order valence-corrected chi connectivity index (χ4v) is 2.65. The Labute approximate surface area is 86.3 Å². The minimum Gasteiger partial charge on any atom is -0.396 e. The third-order valence-electron chi connectivity index (χ3n) is 3.98. The van der Waals surface area contributed by atoms with Gasteiger partial charge < -0.3 is 10.2 Å². The van der Waals surface area contributed by atoms with E-state index in [0.717, 1.165) is 12.8 Å². The summed E-state index contributed by atoms with van der Waals surface area (Å²) >= 11 is 0. The van der Waals surface area contributed by atoms with E-state index in [4.69, 9.17) is 6.42 Å². The molecule has 0 aliphatic heterocycles. The number of aliphatic hydroxyl groups excluding tert-OH is 2. The smallest absolute Gasteiger partial charge is 0.0595 e. The highest BCUT2D eigenvalue weighted by atomic mass is 16.3. The molecule has 1 rings (SSSR count). The zero-order valence-corrected chi connectivity index (χ0v) is 9.25. The molecule has 3 atom stereocenters. The molecular formula is C12H20O2. The van der Waals surface area contributed by atoms with Crippen molar-refractivity contribution in [3.8, 4) is 12.3 Å². The molecular weight excluding hydrogens is 176 g/mol. The molecule has 1 aliphatic rings. The molecule has 0 amide bonds. The summed E-state index contributed by atoms with van der Waals surface area (Å²) in [5.41, 5.74) is -0.578. The summed E-state index contributed by atoms with van der Waals surface area (Å²) in [5.74, 6) is 2.76. The number of hydrogen-bond acceptors (Lipinski definition) is 2. The van der Waals surface area contributed by atoms with Crippen molar-refractivity contribution in [2.24, 2.45) is 16.7 Å². The molecule has 0 aromatic carbocycles. The Morgan fingerprint density at radius 3 is 2.43 bits per heavy atom. The van der Waals surface area contributed by atoms with Crippen molar-refractivity contribution in [2.45, 2.75) is 39.7 Å². The van der Waals surface area contributed by atoms with Crippen LogP contribution in [-0.4, -0.2) is 22.9 Å². The second kappa shape index (κ2) is 3.56. The predicted molar refractivity (Wildman–Crippen MR) is 56.5 cm³/mol. The third-order valence-corrected chi connectivity index (χ3v) is 3.98. The Bertz CT molecular complexity index is 252. The molecule has 2 heteroatoms. The lowest BCUT2D eigenvalue weighted by Crippen LogP contribution is -2.50.